The van der Waals surface area contributed by atoms with Gasteiger partial charge in [0.25, 0.3) is 0 Å². The Labute approximate surface area is 108 Å². The zero-order chi connectivity index (χ0) is 14.5. The predicted octanol–water partition coefficient (Wildman–Crippen LogP) is 2.83. The van der Waals surface area contributed by atoms with Crippen molar-refractivity contribution in [3.8, 4) is 0 Å². The number of aromatic nitrogens is 2. The van der Waals surface area contributed by atoms with E-state index in [1.807, 2.05) is 6.92 Å². The number of hydrogen-bond donors (Lipinski definition) is 1. The first kappa shape index (κ1) is 15.5. The summed E-state index contributed by atoms with van der Waals surface area (Å²) < 4.78 is 50.7. The van der Waals surface area contributed by atoms with Crippen molar-refractivity contribution in [1.82, 2.24) is 9.97 Å². The molecule has 0 aliphatic heterocycles. The van der Waals surface area contributed by atoms with Gasteiger partial charge in [-0.2, -0.15) is 18.2 Å². The fraction of sp³-hybridized carbons (Fsp3) is 0.636. The number of alkyl halides is 3. The van der Waals surface area contributed by atoms with Gasteiger partial charge in [0.15, 0.2) is 11.6 Å². The van der Waals surface area contributed by atoms with Gasteiger partial charge in [-0.3, -0.25) is 0 Å². The van der Waals surface area contributed by atoms with Crippen molar-refractivity contribution in [3.05, 3.63) is 12.0 Å². The number of anilines is 2. The summed E-state index contributed by atoms with van der Waals surface area (Å²) in [7, 11) is 0. The number of halogens is 4. The zero-order valence-corrected chi connectivity index (χ0v) is 10.8. The average Bonchev–Trinajstić information content (AvgIpc) is 2.34. The highest BCUT2D eigenvalue weighted by Gasteiger charge is 2.32. The van der Waals surface area contributed by atoms with Crippen molar-refractivity contribution in [2.75, 3.05) is 29.9 Å². The Morgan fingerprint density at radius 1 is 1.32 bits per heavy atom. The molecule has 1 heterocycles. The van der Waals surface area contributed by atoms with Crippen LogP contribution in [0, 0.1) is 5.82 Å². The summed E-state index contributed by atoms with van der Waals surface area (Å²) in [4.78, 5) is 8.31. The van der Waals surface area contributed by atoms with Crippen LogP contribution in [-0.2, 0) is 0 Å². The summed E-state index contributed by atoms with van der Waals surface area (Å²) in [6.45, 7) is 2.74. The van der Waals surface area contributed by atoms with Gasteiger partial charge < -0.3 is 10.2 Å². The van der Waals surface area contributed by atoms with Crippen molar-refractivity contribution in [3.63, 3.8) is 0 Å². The van der Waals surface area contributed by atoms with Crippen LogP contribution in [0.15, 0.2) is 6.20 Å². The molecule has 0 fully saturated rings. The minimum Gasteiger partial charge on any atom is -0.354 e. The molecule has 1 aromatic heterocycles. The monoisotopic (exact) mass is 280 g/mol. The molecule has 0 atom stereocenters. The second-order valence-corrected chi connectivity index (χ2v) is 3.92. The minimum absolute atomic E-state index is 0.000656. The number of nitrogens with one attached hydrogen (secondary N) is 1. The first-order chi connectivity index (χ1) is 8.87. The quantitative estimate of drug-likeness (QED) is 0.814. The Bertz CT molecular complexity index is 408. The van der Waals surface area contributed by atoms with E-state index in [4.69, 9.17) is 0 Å². The Morgan fingerprint density at radius 2 is 2.00 bits per heavy atom. The standard InChI is InChI=1S/C11H16F4N4/c1-3-5-16-10-17-6-8(12)9(18-10)19(4-2)7-11(13,14)15/h6H,3-5,7H2,1-2H3,(H,16,17,18). The normalized spacial score (nSPS) is 11.5. The van der Waals surface area contributed by atoms with Gasteiger partial charge >= 0.3 is 6.18 Å². The third-order valence-electron chi connectivity index (χ3n) is 2.31. The van der Waals surface area contributed by atoms with E-state index in [0.29, 0.717) is 6.54 Å². The second kappa shape index (κ2) is 6.53. The van der Waals surface area contributed by atoms with Gasteiger partial charge in [-0.05, 0) is 13.3 Å². The Hall–Kier alpha value is -1.60. The van der Waals surface area contributed by atoms with E-state index in [9.17, 15) is 17.6 Å². The Morgan fingerprint density at radius 3 is 2.53 bits per heavy atom. The lowest BCUT2D eigenvalue weighted by atomic mass is 10.4. The maximum atomic E-state index is 13.5. The molecule has 0 spiro atoms. The molecule has 0 aliphatic rings. The summed E-state index contributed by atoms with van der Waals surface area (Å²) in [5.41, 5.74) is 0. The molecule has 19 heavy (non-hydrogen) atoms. The van der Waals surface area contributed by atoms with Gasteiger partial charge in [0.05, 0.1) is 6.20 Å². The fourth-order valence-electron chi connectivity index (χ4n) is 1.45. The van der Waals surface area contributed by atoms with Crippen LogP contribution in [0.4, 0.5) is 29.3 Å². The van der Waals surface area contributed by atoms with E-state index in [2.05, 4.69) is 15.3 Å². The molecule has 1 rings (SSSR count). The van der Waals surface area contributed by atoms with E-state index in [1.54, 1.807) is 0 Å². The maximum Gasteiger partial charge on any atom is 0.405 e. The van der Waals surface area contributed by atoms with Crippen molar-refractivity contribution in [2.45, 2.75) is 26.4 Å². The molecule has 0 radical (unpaired) electrons. The van der Waals surface area contributed by atoms with Crippen LogP contribution >= 0.6 is 0 Å². The van der Waals surface area contributed by atoms with Crippen LogP contribution in [-0.4, -0.2) is 35.8 Å². The number of rotatable bonds is 6. The third kappa shape index (κ3) is 4.88. The van der Waals surface area contributed by atoms with E-state index < -0.39 is 18.5 Å². The third-order valence-corrected chi connectivity index (χ3v) is 2.31. The van der Waals surface area contributed by atoms with Crippen LogP contribution in [0.2, 0.25) is 0 Å². The molecule has 1 aromatic rings. The average molecular weight is 280 g/mol. The second-order valence-electron chi connectivity index (χ2n) is 3.92. The van der Waals surface area contributed by atoms with Crippen molar-refractivity contribution in [1.29, 1.82) is 0 Å². The van der Waals surface area contributed by atoms with Crippen LogP contribution < -0.4 is 10.2 Å². The molecule has 0 saturated carbocycles. The molecule has 0 amide bonds. The van der Waals surface area contributed by atoms with Gasteiger partial charge in [-0.1, -0.05) is 6.92 Å². The van der Waals surface area contributed by atoms with Gasteiger partial charge in [-0.15, -0.1) is 0 Å². The van der Waals surface area contributed by atoms with Crippen molar-refractivity contribution >= 4 is 11.8 Å². The molecule has 8 heteroatoms. The highest BCUT2D eigenvalue weighted by Crippen LogP contribution is 2.23. The molecule has 4 nitrogen and oxygen atoms in total. The van der Waals surface area contributed by atoms with Gasteiger partial charge in [0.1, 0.15) is 6.54 Å². The van der Waals surface area contributed by atoms with Crippen LogP contribution in [0.3, 0.4) is 0 Å². The first-order valence-electron chi connectivity index (χ1n) is 5.95. The number of hydrogen-bond acceptors (Lipinski definition) is 4. The molecular formula is C11H16F4N4. The fourth-order valence-corrected chi connectivity index (χ4v) is 1.45. The Balaban J connectivity index is 2.95. The highest BCUT2D eigenvalue weighted by molar-refractivity contribution is 5.44. The van der Waals surface area contributed by atoms with Gasteiger partial charge in [-0.25, -0.2) is 9.37 Å². The predicted molar refractivity (Wildman–Crippen MR) is 64.7 cm³/mol. The van der Waals surface area contributed by atoms with Crippen molar-refractivity contribution in [2.24, 2.45) is 0 Å². The van der Waals surface area contributed by atoms with Crippen LogP contribution in [0.25, 0.3) is 0 Å². The minimum atomic E-state index is -4.41. The number of nitrogens with zero attached hydrogens (tertiary/aromatic N) is 3. The summed E-state index contributed by atoms with van der Waals surface area (Å²) in [5, 5.41) is 2.81. The van der Waals surface area contributed by atoms with Crippen LogP contribution in [0.1, 0.15) is 20.3 Å². The summed E-state index contributed by atoms with van der Waals surface area (Å²) in [5.74, 6) is -1.08. The summed E-state index contributed by atoms with van der Waals surface area (Å²) in [6.07, 6.45) is -2.74. The lowest BCUT2D eigenvalue weighted by molar-refractivity contribution is -0.119. The highest BCUT2D eigenvalue weighted by atomic mass is 19.4. The zero-order valence-electron chi connectivity index (χ0n) is 10.8. The molecule has 1 N–H and O–H groups in total. The molecular weight excluding hydrogens is 264 g/mol. The molecule has 108 valence electrons. The van der Waals surface area contributed by atoms with Gasteiger partial charge in [0.2, 0.25) is 5.95 Å². The topological polar surface area (TPSA) is 41.1 Å². The smallest absolute Gasteiger partial charge is 0.354 e. The molecule has 0 aliphatic carbocycles. The van der Waals surface area contributed by atoms with E-state index in [-0.39, 0.29) is 18.3 Å². The van der Waals surface area contributed by atoms with E-state index >= 15 is 0 Å². The van der Waals surface area contributed by atoms with Crippen molar-refractivity contribution < 1.29 is 17.6 Å². The van der Waals surface area contributed by atoms with Crippen LogP contribution in [0.5, 0.6) is 0 Å². The lowest BCUT2D eigenvalue weighted by Crippen LogP contribution is -2.35. The Kier molecular flexibility index (Phi) is 5.31. The van der Waals surface area contributed by atoms with E-state index in [1.165, 1.54) is 6.92 Å². The molecule has 0 aromatic carbocycles. The summed E-state index contributed by atoms with van der Waals surface area (Å²) >= 11 is 0. The summed E-state index contributed by atoms with van der Waals surface area (Å²) in [6, 6.07) is 0. The first-order valence-corrected chi connectivity index (χ1v) is 5.95. The SMILES string of the molecule is CCCNc1ncc(F)c(N(CC)CC(F)(F)F)n1. The van der Waals surface area contributed by atoms with E-state index in [0.717, 1.165) is 17.5 Å². The molecule has 0 unspecified atom stereocenters. The molecule has 0 bridgehead atoms. The largest absolute Gasteiger partial charge is 0.405 e. The maximum absolute atomic E-state index is 13.5. The lowest BCUT2D eigenvalue weighted by Gasteiger charge is -2.23. The molecule has 0 saturated heterocycles. The van der Waals surface area contributed by atoms with Gasteiger partial charge in [0, 0.05) is 13.1 Å².